The van der Waals surface area contributed by atoms with Gasteiger partial charge in [0, 0.05) is 23.1 Å². The minimum absolute atomic E-state index is 0.0786. The number of nitrogens with one attached hydrogen (secondary N) is 1. The average molecular weight is 281 g/mol. The second-order valence-corrected chi connectivity index (χ2v) is 5.01. The Hall–Kier alpha value is -2.69. The van der Waals surface area contributed by atoms with Crippen LogP contribution in [0.25, 0.3) is 22.2 Å². The second-order valence-electron chi connectivity index (χ2n) is 5.01. The standard InChI is InChI=1S/C16H15N3O2/c1-2-4-11-5-3-6-12(9-11)16-14-10-13(19(20)21)7-8-15(14)17-18-16/h3,5-10H,2,4H2,1H3,(H,17,18). The number of aromatic amines is 1. The summed E-state index contributed by atoms with van der Waals surface area (Å²) in [5.41, 5.74) is 3.86. The lowest BCUT2D eigenvalue weighted by atomic mass is 10.0. The molecule has 3 rings (SSSR count). The van der Waals surface area contributed by atoms with E-state index in [-0.39, 0.29) is 10.6 Å². The zero-order valence-electron chi connectivity index (χ0n) is 11.7. The van der Waals surface area contributed by atoms with Crippen molar-refractivity contribution in [1.29, 1.82) is 0 Å². The largest absolute Gasteiger partial charge is 0.277 e. The van der Waals surface area contributed by atoms with Gasteiger partial charge >= 0.3 is 0 Å². The van der Waals surface area contributed by atoms with E-state index >= 15 is 0 Å². The summed E-state index contributed by atoms with van der Waals surface area (Å²) in [6, 6.07) is 12.9. The van der Waals surface area contributed by atoms with Crippen molar-refractivity contribution < 1.29 is 4.92 Å². The number of aryl methyl sites for hydroxylation is 1. The number of hydrogen-bond donors (Lipinski definition) is 1. The summed E-state index contributed by atoms with van der Waals surface area (Å²) < 4.78 is 0. The summed E-state index contributed by atoms with van der Waals surface area (Å²) >= 11 is 0. The number of benzene rings is 2. The molecule has 1 aromatic heterocycles. The predicted octanol–water partition coefficient (Wildman–Crippen LogP) is 4.09. The number of fused-ring (bicyclic) bond motifs is 1. The third kappa shape index (κ3) is 2.50. The molecule has 0 fully saturated rings. The van der Waals surface area contributed by atoms with E-state index in [1.807, 2.05) is 12.1 Å². The van der Waals surface area contributed by atoms with Gasteiger partial charge in [0.2, 0.25) is 0 Å². The van der Waals surface area contributed by atoms with Crippen molar-refractivity contribution in [2.45, 2.75) is 19.8 Å². The molecule has 1 heterocycles. The van der Waals surface area contributed by atoms with Crippen molar-refractivity contribution in [1.82, 2.24) is 10.2 Å². The van der Waals surface area contributed by atoms with E-state index in [0.29, 0.717) is 0 Å². The van der Waals surface area contributed by atoms with Crippen LogP contribution in [0.5, 0.6) is 0 Å². The van der Waals surface area contributed by atoms with E-state index < -0.39 is 0 Å². The van der Waals surface area contributed by atoms with Gasteiger partial charge in [0.15, 0.2) is 0 Å². The molecule has 3 aromatic rings. The molecular formula is C16H15N3O2. The molecule has 21 heavy (non-hydrogen) atoms. The van der Waals surface area contributed by atoms with Crippen molar-refractivity contribution in [3.05, 3.63) is 58.1 Å². The number of nitro groups is 1. The number of hydrogen-bond acceptors (Lipinski definition) is 3. The fourth-order valence-corrected chi connectivity index (χ4v) is 2.50. The van der Waals surface area contributed by atoms with Crippen molar-refractivity contribution in [3.63, 3.8) is 0 Å². The van der Waals surface area contributed by atoms with Crippen molar-refractivity contribution in [3.8, 4) is 11.3 Å². The Balaban J connectivity index is 2.13. The van der Waals surface area contributed by atoms with Gasteiger partial charge in [-0.1, -0.05) is 31.5 Å². The number of H-pyrrole nitrogens is 1. The zero-order valence-corrected chi connectivity index (χ0v) is 11.7. The molecule has 0 radical (unpaired) electrons. The molecule has 0 amide bonds. The highest BCUT2D eigenvalue weighted by Crippen LogP contribution is 2.29. The molecule has 0 saturated heterocycles. The summed E-state index contributed by atoms with van der Waals surface area (Å²) in [5, 5.41) is 19.0. The fraction of sp³-hybridized carbons (Fsp3) is 0.188. The Labute approximate surface area is 121 Å². The van der Waals surface area contributed by atoms with E-state index in [0.717, 1.165) is 35.0 Å². The maximum absolute atomic E-state index is 10.9. The Morgan fingerprint density at radius 2 is 2.10 bits per heavy atom. The first-order valence-electron chi connectivity index (χ1n) is 6.91. The van der Waals surface area contributed by atoms with E-state index in [2.05, 4.69) is 29.3 Å². The van der Waals surface area contributed by atoms with Crippen molar-refractivity contribution in [2.75, 3.05) is 0 Å². The van der Waals surface area contributed by atoms with Crippen LogP contribution in [0, 0.1) is 10.1 Å². The van der Waals surface area contributed by atoms with Gasteiger partial charge in [-0.05, 0) is 24.1 Å². The summed E-state index contributed by atoms with van der Waals surface area (Å²) in [4.78, 5) is 10.5. The van der Waals surface area contributed by atoms with Crippen LogP contribution >= 0.6 is 0 Å². The maximum atomic E-state index is 10.9. The van der Waals surface area contributed by atoms with Gasteiger partial charge in [0.25, 0.3) is 5.69 Å². The molecule has 0 bridgehead atoms. The minimum atomic E-state index is -0.385. The van der Waals surface area contributed by atoms with Gasteiger partial charge in [0.1, 0.15) is 5.69 Å². The van der Waals surface area contributed by atoms with E-state index in [4.69, 9.17) is 0 Å². The predicted molar refractivity (Wildman–Crippen MR) is 82.2 cm³/mol. The maximum Gasteiger partial charge on any atom is 0.270 e. The van der Waals surface area contributed by atoms with Gasteiger partial charge in [-0.15, -0.1) is 0 Å². The number of non-ortho nitro benzene ring substituents is 1. The molecule has 5 nitrogen and oxygen atoms in total. The van der Waals surface area contributed by atoms with Crippen LogP contribution < -0.4 is 0 Å². The quantitative estimate of drug-likeness (QED) is 0.578. The lowest BCUT2D eigenvalue weighted by Gasteiger charge is -2.02. The summed E-state index contributed by atoms with van der Waals surface area (Å²) in [7, 11) is 0. The lowest BCUT2D eigenvalue weighted by molar-refractivity contribution is -0.384. The Bertz CT molecular complexity index is 808. The monoisotopic (exact) mass is 281 g/mol. The van der Waals surface area contributed by atoms with Crippen molar-refractivity contribution >= 4 is 16.6 Å². The molecule has 0 spiro atoms. The molecule has 0 unspecified atom stereocenters. The average Bonchev–Trinajstić information content (AvgIpc) is 2.90. The third-order valence-electron chi connectivity index (χ3n) is 3.50. The highest BCUT2D eigenvalue weighted by molar-refractivity contribution is 5.94. The van der Waals surface area contributed by atoms with E-state index in [1.165, 1.54) is 11.6 Å². The van der Waals surface area contributed by atoms with E-state index in [9.17, 15) is 10.1 Å². The molecule has 5 heteroatoms. The molecule has 106 valence electrons. The Morgan fingerprint density at radius 3 is 2.86 bits per heavy atom. The van der Waals surface area contributed by atoms with Crippen LogP contribution in [-0.2, 0) is 6.42 Å². The minimum Gasteiger partial charge on any atom is -0.277 e. The molecular weight excluding hydrogens is 266 g/mol. The normalized spacial score (nSPS) is 10.9. The Kier molecular flexibility index (Phi) is 3.39. The van der Waals surface area contributed by atoms with Crippen LogP contribution in [0.3, 0.4) is 0 Å². The number of aromatic nitrogens is 2. The molecule has 0 aliphatic heterocycles. The molecule has 2 aromatic carbocycles. The number of rotatable bonds is 4. The number of nitrogens with zero attached hydrogens (tertiary/aromatic N) is 2. The van der Waals surface area contributed by atoms with Gasteiger partial charge in [0.05, 0.1) is 10.4 Å². The summed E-state index contributed by atoms with van der Waals surface area (Å²) in [6.07, 6.45) is 2.09. The number of nitro benzene ring substituents is 1. The van der Waals surface area contributed by atoms with Gasteiger partial charge in [-0.25, -0.2) is 0 Å². The highest BCUT2D eigenvalue weighted by atomic mass is 16.6. The summed E-state index contributed by atoms with van der Waals surface area (Å²) in [5.74, 6) is 0. The van der Waals surface area contributed by atoms with Gasteiger partial charge < -0.3 is 0 Å². The molecule has 1 N–H and O–H groups in total. The van der Waals surface area contributed by atoms with Gasteiger partial charge in [-0.3, -0.25) is 15.2 Å². The topological polar surface area (TPSA) is 71.8 Å². The summed E-state index contributed by atoms with van der Waals surface area (Å²) in [6.45, 7) is 2.14. The molecule has 0 aliphatic rings. The fourth-order valence-electron chi connectivity index (χ4n) is 2.50. The smallest absolute Gasteiger partial charge is 0.270 e. The molecule has 0 saturated carbocycles. The first-order chi connectivity index (χ1) is 10.2. The first-order valence-corrected chi connectivity index (χ1v) is 6.91. The third-order valence-corrected chi connectivity index (χ3v) is 3.50. The van der Waals surface area contributed by atoms with Crippen LogP contribution in [0.4, 0.5) is 5.69 Å². The van der Waals surface area contributed by atoms with Crippen LogP contribution in [-0.4, -0.2) is 15.1 Å². The molecule has 0 aliphatic carbocycles. The van der Waals surface area contributed by atoms with E-state index in [1.54, 1.807) is 12.1 Å². The highest BCUT2D eigenvalue weighted by Gasteiger charge is 2.13. The molecule has 0 atom stereocenters. The van der Waals surface area contributed by atoms with Crippen LogP contribution in [0.15, 0.2) is 42.5 Å². The zero-order chi connectivity index (χ0) is 14.8. The van der Waals surface area contributed by atoms with Crippen LogP contribution in [0.1, 0.15) is 18.9 Å². The first kappa shape index (κ1) is 13.3. The SMILES string of the molecule is CCCc1cccc(-c2n[nH]c3ccc([N+](=O)[O-])cc23)c1. The van der Waals surface area contributed by atoms with Crippen LogP contribution in [0.2, 0.25) is 0 Å². The second kappa shape index (κ2) is 5.36. The van der Waals surface area contributed by atoms with Crippen molar-refractivity contribution in [2.24, 2.45) is 0 Å². The lowest BCUT2D eigenvalue weighted by Crippen LogP contribution is -1.88. The van der Waals surface area contributed by atoms with Gasteiger partial charge in [-0.2, -0.15) is 5.10 Å². The Morgan fingerprint density at radius 1 is 1.24 bits per heavy atom.